The number of hydrogen-bond acceptors (Lipinski definition) is 7. The Morgan fingerprint density at radius 1 is 1.03 bits per heavy atom. The van der Waals surface area contributed by atoms with Gasteiger partial charge in [0.15, 0.2) is 11.6 Å². The Hall–Kier alpha value is -4.35. The van der Waals surface area contributed by atoms with Crippen molar-refractivity contribution in [2.45, 2.75) is 13.2 Å². The molecule has 0 unspecified atom stereocenters. The summed E-state index contributed by atoms with van der Waals surface area (Å²) < 4.78 is 16.0. The van der Waals surface area contributed by atoms with E-state index in [-0.39, 0.29) is 30.1 Å². The topological polar surface area (TPSA) is 153 Å². The number of aliphatic hydroxyl groups is 1. The molecule has 0 aliphatic carbocycles. The number of hydrogen-bond donors (Lipinski definition) is 4. The number of H-pyrrole nitrogens is 1. The molecule has 0 fully saturated rings. The van der Waals surface area contributed by atoms with Crippen LogP contribution in [0.5, 0.6) is 0 Å². The number of nitrogens with one attached hydrogen (secondary N) is 1. The molecule has 4 aromatic heterocycles. The van der Waals surface area contributed by atoms with Gasteiger partial charge in [0, 0.05) is 5.56 Å². The average Bonchev–Trinajstić information content (AvgIpc) is 3.17. The largest absolute Gasteiger partial charge is 0.428 e. The maximum absolute atomic E-state index is 13.6. The van der Waals surface area contributed by atoms with Crippen molar-refractivity contribution in [2.24, 2.45) is 0 Å². The van der Waals surface area contributed by atoms with E-state index >= 15 is 0 Å². The van der Waals surface area contributed by atoms with Gasteiger partial charge in [0.05, 0.1) is 23.6 Å². The highest BCUT2D eigenvalue weighted by molar-refractivity contribution is 6.29. The minimum absolute atomic E-state index is 0.0243. The maximum Gasteiger partial charge on any atom is 0.428 e. The summed E-state index contributed by atoms with van der Waals surface area (Å²) in [6.45, 7) is -0.356. The van der Waals surface area contributed by atoms with E-state index in [4.69, 9.17) is 23.1 Å². The molecule has 6 N–H and O–H groups in total. The van der Waals surface area contributed by atoms with Crippen molar-refractivity contribution >= 4 is 29.0 Å². The Labute approximate surface area is 202 Å². The quantitative estimate of drug-likeness (QED) is 0.215. The van der Waals surface area contributed by atoms with Crippen LogP contribution < -0.4 is 21.6 Å². The van der Waals surface area contributed by atoms with Crippen LogP contribution in [0, 0.1) is 5.82 Å². The van der Waals surface area contributed by atoms with Gasteiger partial charge in [-0.05, 0) is 29.8 Å². The normalized spacial score (nSPS) is 11.3. The summed E-state index contributed by atoms with van der Waals surface area (Å²) in [5, 5.41) is 12.9. The van der Waals surface area contributed by atoms with Gasteiger partial charge in [-0.1, -0.05) is 41.9 Å². The van der Waals surface area contributed by atoms with Crippen molar-refractivity contribution in [1.29, 1.82) is 0 Å². The van der Waals surface area contributed by atoms with Crippen molar-refractivity contribution in [1.82, 2.24) is 24.7 Å². The zero-order valence-corrected chi connectivity index (χ0v) is 18.9. The summed E-state index contributed by atoms with van der Waals surface area (Å²) in [6, 6.07) is 15.2. The van der Waals surface area contributed by atoms with Gasteiger partial charge in [0.2, 0.25) is 5.65 Å². The van der Waals surface area contributed by atoms with Gasteiger partial charge in [0.1, 0.15) is 17.4 Å². The zero-order chi connectivity index (χ0) is 24.7. The van der Waals surface area contributed by atoms with Crippen LogP contribution in [-0.4, -0.2) is 29.8 Å². The predicted octanol–water partition coefficient (Wildman–Crippen LogP) is 1.93. The zero-order valence-electron chi connectivity index (χ0n) is 18.1. The summed E-state index contributed by atoms with van der Waals surface area (Å²) in [5.41, 5.74) is 14.7. The standard InChI is InChI=1S/C23H18ClFN8O2/c24-17-9-13(8-15(11-34)28-17)18-19(12-4-2-1-3-5-12)30-22(27)33-21(18)31-32(23(33)35)10-14-6-7-16(25)20(26)29-14/h1-9,34H,10-11H2,(H4,26,27,28,29,30,31)/p+1. The van der Waals surface area contributed by atoms with E-state index in [2.05, 4.69) is 20.1 Å². The first-order valence-corrected chi connectivity index (χ1v) is 10.8. The number of pyridine rings is 2. The van der Waals surface area contributed by atoms with E-state index in [0.717, 1.165) is 5.56 Å². The van der Waals surface area contributed by atoms with Gasteiger partial charge >= 0.3 is 11.6 Å². The molecule has 0 aliphatic heterocycles. The molecule has 1 aromatic carbocycles. The third kappa shape index (κ3) is 4.07. The van der Waals surface area contributed by atoms with Crippen molar-refractivity contribution in [2.75, 3.05) is 11.5 Å². The lowest BCUT2D eigenvalue weighted by Gasteiger charge is -2.10. The first-order valence-electron chi connectivity index (χ1n) is 10.4. The first-order chi connectivity index (χ1) is 16.9. The number of aliphatic hydroxyl groups excluding tert-OH is 1. The fourth-order valence-electron chi connectivity index (χ4n) is 3.87. The number of fused-ring (bicyclic) bond motifs is 1. The number of aromatic amines is 1. The highest BCUT2D eigenvalue weighted by Gasteiger charge is 2.26. The summed E-state index contributed by atoms with van der Waals surface area (Å²) in [6.07, 6.45) is 0. The van der Waals surface area contributed by atoms with Crippen molar-refractivity contribution < 1.29 is 13.9 Å². The molecule has 176 valence electrons. The minimum Gasteiger partial charge on any atom is -0.390 e. The number of halogens is 2. The second-order valence-electron chi connectivity index (χ2n) is 7.72. The van der Waals surface area contributed by atoms with Gasteiger partial charge in [-0.2, -0.15) is 4.68 Å². The van der Waals surface area contributed by atoms with E-state index < -0.39 is 11.5 Å². The highest BCUT2D eigenvalue weighted by Crippen LogP contribution is 2.34. The van der Waals surface area contributed by atoms with Gasteiger partial charge in [0.25, 0.3) is 0 Å². The molecule has 0 saturated carbocycles. The molecule has 10 nitrogen and oxygen atoms in total. The number of rotatable bonds is 5. The van der Waals surface area contributed by atoms with E-state index in [1.165, 1.54) is 21.2 Å². The number of nitrogen functional groups attached to an aromatic ring is 2. The van der Waals surface area contributed by atoms with Crippen LogP contribution in [0.2, 0.25) is 5.15 Å². The third-order valence-corrected chi connectivity index (χ3v) is 5.61. The monoisotopic (exact) mass is 493 g/mol. The lowest BCUT2D eigenvalue weighted by atomic mass is 10.00. The van der Waals surface area contributed by atoms with Crippen LogP contribution in [0.3, 0.4) is 0 Å². The Kier molecular flexibility index (Phi) is 5.63. The number of benzene rings is 1. The number of nitrogens with zero attached hydrogens (tertiary/aromatic N) is 5. The molecule has 5 aromatic rings. The average molecular weight is 494 g/mol. The fourth-order valence-corrected chi connectivity index (χ4v) is 4.09. The number of anilines is 2. The SMILES string of the molecule is Nc1nc(Cn2[nH]c3c(-c4cc(Cl)nc(CO)c4)c(-c4ccccc4)nc(N)[n+]3c2=O)ccc1F. The second-order valence-corrected chi connectivity index (χ2v) is 8.11. The molecule has 12 heteroatoms. The molecule has 35 heavy (non-hydrogen) atoms. The van der Waals surface area contributed by atoms with Crippen LogP contribution in [0.4, 0.5) is 16.2 Å². The first kappa shape index (κ1) is 22.4. The molecule has 0 aliphatic rings. The molecule has 5 rings (SSSR count). The summed E-state index contributed by atoms with van der Waals surface area (Å²) in [4.78, 5) is 25.9. The Bertz CT molecular complexity index is 1630. The van der Waals surface area contributed by atoms with Gasteiger partial charge in [-0.15, -0.1) is 9.38 Å². The smallest absolute Gasteiger partial charge is 0.390 e. The molecular weight excluding hydrogens is 475 g/mol. The Morgan fingerprint density at radius 2 is 1.80 bits per heavy atom. The van der Waals surface area contributed by atoms with Crippen LogP contribution >= 0.6 is 11.6 Å². The highest BCUT2D eigenvalue weighted by atomic mass is 35.5. The lowest BCUT2D eigenvalue weighted by Crippen LogP contribution is -2.44. The number of nitrogens with two attached hydrogens (primary N) is 2. The van der Waals surface area contributed by atoms with Crippen molar-refractivity contribution in [3.63, 3.8) is 0 Å². The van der Waals surface area contributed by atoms with Crippen LogP contribution in [0.15, 0.2) is 59.4 Å². The van der Waals surface area contributed by atoms with Gasteiger partial charge < -0.3 is 16.6 Å². The molecule has 0 atom stereocenters. The molecular formula is C23H19ClFN8O2+. The minimum atomic E-state index is -0.649. The summed E-state index contributed by atoms with van der Waals surface area (Å²) >= 11 is 6.23. The predicted molar refractivity (Wildman–Crippen MR) is 128 cm³/mol. The van der Waals surface area contributed by atoms with Crippen molar-refractivity contribution in [3.05, 3.63) is 87.4 Å². The number of aromatic nitrogens is 6. The van der Waals surface area contributed by atoms with E-state index in [9.17, 15) is 14.3 Å². The molecule has 0 spiro atoms. The summed E-state index contributed by atoms with van der Waals surface area (Å²) in [7, 11) is 0. The van der Waals surface area contributed by atoms with Crippen LogP contribution in [0.1, 0.15) is 11.4 Å². The second kappa shape index (κ2) is 8.78. The molecule has 0 amide bonds. The van der Waals surface area contributed by atoms with E-state index in [1.807, 2.05) is 30.3 Å². The third-order valence-electron chi connectivity index (χ3n) is 5.41. The fraction of sp³-hybridized carbons (Fsp3) is 0.0870. The van der Waals surface area contributed by atoms with Crippen molar-refractivity contribution in [3.8, 4) is 22.4 Å². The Balaban J connectivity index is 1.80. The lowest BCUT2D eigenvalue weighted by molar-refractivity contribution is -0.516. The van der Waals surface area contributed by atoms with Crippen LogP contribution in [-0.2, 0) is 13.2 Å². The summed E-state index contributed by atoms with van der Waals surface area (Å²) in [5.74, 6) is -0.961. The molecule has 0 bridgehead atoms. The Morgan fingerprint density at radius 3 is 2.51 bits per heavy atom. The molecule has 0 saturated heterocycles. The van der Waals surface area contributed by atoms with E-state index in [1.54, 1.807) is 12.1 Å². The van der Waals surface area contributed by atoms with Gasteiger partial charge in [-0.3, -0.25) is 0 Å². The molecule has 4 heterocycles. The molecule has 0 radical (unpaired) electrons. The van der Waals surface area contributed by atoms with Gasteiger partial charge in [-0.25, -0.2) is 24.3 Å². The van der Waals surface area contributed by atoms with E-state index in [0.29, 0.717) is 33.9 Å². The maximum atomic E-state index is 13.6. The van der Waals surface area contributed by atoms with Crippen LogP contribution in [0.25, 0.3) is 28.0 Å².